The van der Waals surface area contributed by atoms with Crippen molar-refractivity contribution in [1.29, 1.82) is 0 Å². The molecule has 1 heterocycles. The van der Waals surface area contributed by atoms with Crippen LogP contribution >= 0.6 is 0 Å². The summed E-state index contributed by atoms with van der Waals surface area (Å²) in [5, 5.41) is 7.35. The summed E-state index contributed by atoms with van der Waals surface area (Å²) in [7, 11) is 0. The standard InChI is InChI=1S/C75H54O/c1-74(2)67-42-55(53-29-25-46-13-5-7-15-50(46)39-53)31-35-61(67)63-37-33-58(44-69(63)74)72(49-27-23-48(24-28-49)52-17-11-18-57(41-52)60-20-12-21-66-65-19-9-10-22-71(65)76-73(60)66)59-34-38-64-62-36-32-56(43-68(62)75(3,4)70(64)45-59)54-30-26-47-14-6-8-16-51(47)40-54/h5-45,72H,1-4H3. The molecule has 0 bridgehead atoms. The van der Waals surface area contributed by atoms with Gasteiger partial charge >= 0.3 is 0 Å². The Morgan fingerprint density at radius 3 is 1.29 bits per heavy atom. The molecular formula is C75H54O. The van der Waals surface area contributed by atoms with Gasteiger partial charge < -0.3 is 4.42 Å². The molecule has 2 aliphatic rings. The summed E-state index contributed by atoms with van der Waals surface area (Å²) in [6.07, 6.45) is 0. The maximum Gasteiger partial charge on any atom is 0.143 e. The molecule has 0 amide bonds. The predicted molar refractivity (Wildman–Crippen MR) is 319 cm³/mol. The van der Waals surface area contributed by atoms with Gasteiger partial charge in [-0.15, -0.1) is 0 Å². The summed E-state index contributed by atoms with van der Waals surface area (Å²) in [4.78, 5) is 0. The second-order valence-corrected chi connectivity index (χ2v) is 22.4. The van der Waals surface area contributed by atoms with Crippen molar-refractivity contribution in [1.82, 2.24) is 0 Å². The van der Waals surface area contributed by atoms with Crippen molar-refractivity contribution in [3.05, 3.63) is 288 Å². The first-order valence-electron chi connectivity index (χ1n) is 26.8. The van der Waals surface area contributed by atoms with Gasteiger partial charge in [0, 0.05) is 33.1 Å². The number of fused-ring (bicyclic) bond motifs is 11. The van der Waals surface area contributed by atoms with Gasteiger partial charge in [-0.25, -0.2) is 0 Å². The van der Waals surface area contributed by atoms with Crippen molar-refractivity contribution in [2.24, 2.45) is 0 Å². The van der Waals surface area contributed by atoms with E-state index in [0.29, 0.717) is 0 Å². The van der Waals surface area contributed by atoms with E-state index in [1.807, 2.05) is 6.07 Å². The number of hydrogen-bond donors (Lipinski definition) is 0. The van der Waals surface area contributed by atoms with Crippen LogP contribution in [0.5, 0.6) is 0 Å². The van der Waals surface area contributed by atoms with Gasteiger partial charge in [-0.05, 0) is 158 Å². The number of hydrogen-bond acceptors (Lipinski definition) is 1. The maximum absolute atomic E-state index is 6.50. The Bertz CT molecular complexity index is 4330. The Morgan fingerprint density at radius 1 is 0.276 bits per heavy atom. The summed E-state index contributed by atoms with van der Waals surface area (Å²) >= 11 is 0. The molecule has 360 valence electrons. The van der Waals surface area contributed by atoms with Crippen LogP contribution in [0.1, 0.15) is 72.6 Å². The van der Waals surface area contributed by atoms with Crippen LogP contribution in [0, 0.1) is 0 Å². The van der Waals surface area contributed by atoms with Gasteiger partial charge in [-0.3, -0.25) is 0 Å². The highest BCUT2D eigenvalue weighted by Gasteiger charge is 2.39. The van der Waals surface area contributed by atoms with Crippen molar-refractivity contribution in [3.8, 4) is 66.8 Å². The molecule has 1 heteroatoms. The average Bonchev–Trinajstić information content (AvgIpc) is 4.15. The molecule has 0 atom stereocenters. The van der Waals surface area contributed by atoms with Gasteiger partial charge in [0.1, 0.15) is 11.2 Å². The summed E-state index contributed by atoms with van der Waals surface area (Å²) in [6.45, 7) is 9.66. The van der Waals surface area contributed by atoms with E-state index in [9.17, 15) is 0 Å². The van der Waals surface area contributed by atoms with Crippen LogP contribution in [0.2, 0.25) is 0 Å². The van der Waals surface area contributed by atoms with Gasteiger partial charge in [0.2, 0.25) is 0 Å². The largest absolute Gasteiger partial charge is 0.455 e. The minimum Gasteiger partial charge on any atom is -0.455 e. The van der Waals surface area contributed by atoms with E-state index in [4.69, 9.17) is 4.42 Å². The zero-order valence-electron chi connectivity index (χ0n) is 43.2. The first-order valence-corrected chi connectivity index (χ1v) is 26.8. The molecule has 12 aromatic carbocycles. The molecule has 15 rings (SSSR count). The first-order chi connectivity index (χ1) is 37.1. The van der Waals surface area contributed by atoms with Crippen molar-refractivity contribution in [2.75, 3.05) is 0 Å². The molecule has 0 unspecified atom stereocenters. The molecule has 1 aromatic heterocycles. The highest BCUT2D eigenvalue weighted by atomic mass is 16.3. The van der Waals surface area contributed by atoms with E-state index in [0.717, 1.165) is 33.1 Å². The number of furan rings is 1. The number of rotatable bonds is 7. The average molecular weight is 971 g/mol. The smallest absolute Gasteiger partial charge is 0.143 e. The Hall–Kier alpha value is -9.04. The molecule has 2 aliphatic carbocycles. The quantitative estimate of drug-likeness (QED) is 0.145. The van der Waals surface area contributed by atoms with Gasteiger partial charge in [0.15, 0.2) is 0 Å². The van der Waals surface area contributed by atoms with Crippen LogP contribution in [-0.2, 0) is 10.8 Å². The molecule has 0 radical (unpaired) electrons. The lowest BCUT2D eigenvalue weighted by atomic mass is 9.77. The fourth-order valence-corrected chi connectivity index (χ4v) is 13.3. The lowest BCUT2D eigenvalue weighted by Crippen LogP contribution is -2.17. The molecule has 0 saturated carbocycles. The lowest BCUT2D eigenvalue weighted by Gasteiger charge is -2.27. The van der Waals surface area contributed by atoms with Gasteiger partial charge in [0.25, 0.3) is 0 Å². The van der Waals surface area contributed by atoms with Gasteiger partial charge in [-0.1, -0.05) is 240 Å². The van der Waals surface area contributed by atoms with E-state index in [-0.39, 0.29) is 16.7 Å². The Kier molecular flexibility index (Phi) is 9.79. The van der Waals surface area contributed by atoms with E-state index >= 15 is 0 Å². The number of para-hydroxylation sites is 2. The van der Waals surface area contributed by atoms with Crippen molar-refractivity contribution in [3.63, 3.8) is 0 Å². The highest BCUT2D eigenvalue weighted by Crippen LogP contribution is 2.54. The van der Waals surface area contributed by atoms with E-state index in [1.165, 1.54) is 116 Å². The minimum absolute atomic E-state index is 0.0120. The van der Waals surface area contributed by atoms with Crippen LogP contribution in [0.15, 0.2) is 253 Å². The molecule has 1 nitrogen and oxygen atoms in total. The second kappa shape index (κ2) is 16.7. The van der Waals surface area contributed by atoms with Crippen LogP contribution in [0.25, 0.3) is 110 Å². The SMILES string of the molecule is CC1(C)c2cc(-c3ccc4ccccc4c3)ccc2-c2ccc(C(c3ccc(-c4cccc(-c5cccc6c5oc5ccccc56)c4)cc3)c3ccc4c(c3)C(C)(C)c3cc(-c5ccc6ccccc6c5)ccc3-4)cc21. The molecule has 0 fully saturated rings. The molecule has 76 heavy (non-hydrogen) atoms. The Balaban J connectivity index is 0.825. The Morgan fingerprint density at radius 2 is 0.697 bits per heavy atom. The van der Waals surface area contributed by atoms with Crippen LogP contribution in [-0.4, -0.2) is 0 Å². The zero-order chi connectivity index (χ0) is 50.9. The third-order valence-electron chi connectivity index (χ3n) is 17.4. The van der Waals surface area contributed by atoms with E-state index in [1.54, 1.807) is 0 Å². The fourth-order valence-electron chi connectivity index (χ4n) is 13.3. The van der Waals surface area contributed by atoms with E-state index < -0.39 is 0 Å². The third kappa shape index (κ3) is 6.92. The highest BCUT2D eigenvalue weighted by molar-refractivity contribution is 6.09. The van der Waals surface area contributed by atoms with Crippen LogP contribution in [0.4, 0.5) is 0 Å². The second-order valence-electron chi connectivity index (χ2n) is 22.4. The lowest BCUT2D eigenvalue weighted by molar-refractivity contribution is 0.657. The van der Waals surface area contributed by atoms with Crippen molar-refractivity contribution < 1.29 is 4.42 Å². The molecule has 0 N–H and O–H groups in total. The molecule has 13 aromatic rings. The third-order valence-corrected chi connectivity index (χ3v) is 17.4. The first kappa shape index (κ1) is 44.4. The summed E-state index contributed by atoms with van der Waals surface area (Å²) < 4.78 is 6.50. The van der Waals surface area contributed by atoms with E-state index in [2.05, 4.69) is 270 Å². The zero-order valence-corrected chi connectivity index (χ0v) is 43.2. The number of benzene rings is 12. The monoisotopic (exact) mass is 970 g/mol. The summed E-state index contributed by atoms with van der Waals surface area (Å²) in [6, 6.07) is 93.1. The maximum atomic E-state index is 6.50. The van der Waals surface area contributed by atoms with Crippen molar-refractivity contribution >= 4 is 43.5 Å². The molecule has 0 aliphatic heterocycles. The van der Waals surface area contributed by atoms with Crippen molar-refractivity contribution in [2.45, 2.75) is 44.4 Å². The molecular weight excluding hydrogens is 917 g/mol. The molecule has 0 spiro atoms. The summed E-state index contributed by atoms with van der Waals surface area (Å²) in [5.74, 6) is -0.0120. The van der Waals surface area contributed by atoms with Crippen LogP contribution in [0.3, 0.4) is 0 Å². The Labute approximate surface area is 444 Å². The van der Waals surface area contributed by atoms with Crippen LogP contribution < -0.4 is 0 Å². The summed E-state index contributed by atoms with van der Waals surface area (Å²) in [5.41, 5.74) is 25.7. The fraction of sp³-hybridized carbons (Fsp3) is 0.0933. The predicted octanol–water partition coefficient (Wildman–Crippen LogP) is 20.4. The topological polar surface area (TPSA) is 13.1 Å². The van der Waals surface area contributed by atoms with Gasteiger partial charge in [-0.2, -0.15) is 0 Å². The normalized spacial score (nSPS) is 13.9. The van der Waals surface area contributed by atoms with Gasteiger partial charge in [0.05, 0.1) is 0 Å². The molecule has 0 saturated heterocycles. The minimum atomic E-state index is -0.204.